The Morgan fingerprint density at radius 1 is 1.25 bits per heavy atom. The van der Waals surface area contributed by atoms with Crippen LogP contribution in [0, 0.1) is 0 Å². The number of carbonyl (C=O) groups excluding carboxylic acids is 1. The topological polar surface area (TPSA) is 44.8 Å². The van der Waals surface area contributed by atoms with Gasteiger partial charge in [0.25, 0.3) is 0 Å². The van der Waals surface area contributed by atoms with E-state index in [1.165, 1.54) is 5.56 Å². The van der Waals surface area contributed by atoms with Crippen LogP contribution in [0.4, 0.5) is 0 Å². The lowest BCUT2D eigenvalue weighted by atomic mass is 10.0. The normalized spacial score (nSPS) is 24.6. The van der Waals surface area contributed by atoms with Gasteiger partial charge in [0.05, 0.1) is 13.2 Å². The van der Waals surface area contributed by atoms with Gasteiger partial charge < -0.3 is 14.2 Å². The van der Waals surface area contributed by atoms with Crippen LogP contribution in [0.3, 0.4) is 0 Å². The summed E-state index contributed by atoms with van der Waals surface area (Å²) in [5, 5.41) is 0. The van der Waals surface area contributed by atoms with Crippen molar-refractivity contribution in [1.82, 2.24) is 0 Å². The van der Waals surface area contributed by atoms with Crippen molar-refractivity contribution < 1.29 is 19.0 Å². The van der Waals surface area contributed by atoms with Crippen LogP contribution in [0.5, 0.6) is 5.75 Å². The first-order valence-corrected chi connectivity index (χ1v) is 6.90. The highest BCUT2D eigenvalue weighted by molar-refractivity contribution is 5.81. The molecule has 1 saturated heterocycles. The Morgan fingerprint density at radius 3 is 2.45 bits per heavy atom. The first-order valence-electron chi connectivity index (χ1n) is 6.90. The predicted molar refractivity (Wildman–Crippen MR) is 75.8 cm³/mol. The Labute approximate surface area is 120 Å². The van der Waals surface area contributed by atoms with Gasteiger partial charge in [-0.05, 0) is 51.3 Å². The van der Waals surface area contributed by atoms with Crippen LogP contribution in [0.15, 0.2) is 24.3 Å². The van der Waals surface area contributed by atoms with Gasteiger partial charge >= 0.3 is 0 Å². The summed E-state index contributed by atoms with van der Waals surface area (Å²) in [5.41, 5.74) is 1.20. The fraction of sp³-hybridized carbons (Fsp3) is 0.562. The monoisotopic (exact) mass is 278 g/mol. The summed E-state index contributed by atoms with van der Waals surface area (Å²) in [5.74, 6) is 0.188. The molecule has 0 aromatic heterocycles. The molecule has 0 amide bonds. The van der Waals surface area contributed by atoms with Gasteiger partial charge in [0.1, 0.15) is 11.9 Å². The Bertz CT molecular complexity index is 464. The van der Waals surface area contributed by atoms with Crippen molar-refractivity contribution in [2.45, 2.75) is 51.6 Å². The van der Waals surface area contributed by atoms with Gasteiger partial charge in [-0.3, -0.25) is 4.79 Å². The number of ketones is 1. The number of ether oxygens (including phenoxy) is 3. The molecule has 20 heavy (non-hydrogen) atoms. The van der Waals surface area contributed by atoms with Crippen LogP contribution in [-0.2, 0) is 20.7 Å². The number of carbonyl (C=O) groups is 1. The van der Waals surface area contributed by atoms with E-state index in [9.17, 15) is 4.79 Å². The Morgan fingerprint density at radius 2 is 1.90 bits per heavy atom. The Hall–Kier alpha value is -1.39. The summed E-state index contributed by atoms with van der Waals surface area (Å²) in [6.45, 7) is 5.24. The standard InChI is InChI=1S/C16H22O4/c1-11(17)15-14(19-16(2,3)20-15)10-7-12-5-8-13(18-4)9-6-12/h5-6,8-9,14-15H,7,10H2,1-4H3/t14-,15-/m1/s1. The van der Waals surface area contributed by atoms with E-state index in [1.807, 2.05) is 38.1 Å². The number of benzene rings is 1. The highest BCUT2D eigenvalue weighted by Crippen LogP contribution is 2.31. The molecular weight excluding hydrogens is 256 g/mol. The molecule has 0 unspecified atom stereocenters. The van der Waals surface area contributed by atoms with Crippen molar-refractivity contribution in [3.8, 4) is 5.75 Å². The van der Waals surface area contributed by atoms with Crippen LogP contribution in [0.2, 0.25) is 0 Å². The van der Waals surface area contributed by atoms with Crippen molar-refractivity contribution >= 4 is 5.78 Å². The maximum Gasteiger partial charge on any atom is 0.164 e. The summed E-state index contributed by atoms with van der Waals surface area (Å²) >= 11 is 0. The average Bonchev–Trinajstić information content (AvgIpc) is 2.72. The molecule has 1 heterocycles. The molecule has 0 N–H and O–H groups in total. The molecule has 0 aliphatic carbocycles. The molecule has 0 saturated carbocycles. The van der Waals surface area contributed by atoms with Crippen molar-refractivity contribution in [2.24, 2.45) is 0 Å². The summed E-state index contributed by atoms with van der Waals surface area (Å²) in [6, 6.07) is 7.94. The highest BCUT2D eigenvalue weighted by atomic mass is 16.8. The van der Waals surface area contributed by atoms with E-state index in [-0.39, 0.29) is 11.9 Å². The second-order valence-corrected chi connectivity index (χ2v) is 5.59. The van der Waals surface area contributed by atoms with Crippen LogP contribution in [-0.4, -0.2) is 30.9 Å². The summed E-state index contributed by atoms with van der Waals surface area (Å²) in [4.78, 5) is 11.6. The molecule has 0 bridgehead atoms. The van der Waals surface area contributed by atoms with E-state index in [1.54, 1.807) is 14.0 Å². The fourth-order valence-electron chi connectivity index (χ4n) is 2.49. The molecule has 4 heteroatoms. The van der Waals surface area contributed by atoms with Crippen molar-refractivity contribution in [2.75, 3.05) is 7.11 Å². The van der Waals surface area contributed by atoms with Gasteiger partial charge in [-0.15, -0.1) is 0 Å². The minimum absolute atomic E-state index is 0.0234. The molecule has 110 valence electrons. The average molecular weight is 278 g/mol. The van der Waals surface area contributed by atoms with E-state index in [4.69, 9.17) is 14.2 Å². The first kappa shape index (κ1) is 15.0. The molecule has 1 aliphatic heterocycles. The lowest BCUT2D eigenvalue weighted by molar-refractivity contribution is -0.154. The van der Waals surface area contributed by atoms with E-state index in [2.05, 4.69) is 0 Å². The predicted octanol–water partition coefficient (Wildman–Crippen LogP) is 2.74. The molecule has 2 atom stereocenters. The van der Waals surface area contributed by atoms with E-state index in [0.717, 1.165) is 18.6 Å². The van der Waals surface area contributed by atoms with E-state index >= 15 is 0 Å². The minimum Gasteiger partial charge on any atom is -0.497 e. The molecular formula is C16H22O4. The van der Waals surface area contributed by atoms with Crippen LogP contribution >= 0.6 is 0 Å². The molecule has 1 aromatic rings. The number of aryl methyl sites for hydroxylation is 1. The minimum atomic E-state index is -0.680. The number of methoxy groups -OCH3 is 1. The van der Waals surface area contributed by atoms with Crippen LogP contribution in [0.25, 0.3) is 0 Å². The molecule has 4 nitrogen and oxygen atoms in total. The Kier molecular flexibility index (Phi) is 4.45. The largest absolute Gasteiger partial charge is 0.497 e. The summed E-state index contributed by atoms with van der Waals surface area (Å²) in [7, 11) is 1.65. The zero-order valence-electron chi connectivity index (χ0n) is 12.5. The third-order valence-corrected chi connectivity index (χ3v) is 3.46. The third-order valence-electron chi connectivity index (χ3n) is 3.46. The maximum atomic E-state index is 11.6. The smallest absolute Gasteiger partial charge is 0.164 e. The highest BCUT2D eigenvalue weighted by Gasteiger charge is 2.43. The van der Waals surface area contributed by atoms with Gasteiger partial charge in [-0.1, -0.05) is 12.1 Å². The lowest BCUT2D eigenvalue weighted by Crippen LogP contribution is -2.30. The third kappa shape index (κ3) is 3.58. The molecule has 1 aliphatic rings. The zero-order chi connectivity index (χ0) is 14.8. The number of hydrogen-bond acceptors (Lipinski definition) is 4. The van der Waals surface area contributed by atoms with Crippen LogP contribution in [0.1, 0.15) is 32.8 Å². The number of rotatable bonds is 5. The van der Waals surface area contributed by atoms with Crippen molar-refractivity contribution in [3.63, 3.8) is 0 Å². The maximum absolute atomic E-state index is 11.6. The zero-order valence-corrected chi connectivity index (χ0v) is 12.5. The van der Waals surface area contributed by atoms with Crippen LogP contribution < -0.4 is 4.74 Å². The van der Waals surface area contributed by atoms with Gasteiger partial charge in [-0.2, -0.15) is 0 Å². The summed E-state index contributed by atoms with van der Waals surface area (Å²) < 4.78 is 16.6. The molecule has 0 radical (unpaired) electrons. The van der Waals surface area contributed by atoms with Gasteiger partial charge in [0.2, 0.25) is 0 Å². The lowest BCUT2D eigenvalue weighted by Gasteiger charge is -2.16. The van der Waals surface area contributed by atoms with Crippen molar-refractivity contribution in [3.05, 3.63) is 29.8 Å². The Balaban J connectivity index is 1.96. The molecule has 1 fully saturated rings. The SMILES string of the molecule is COc1ccc(CC[C@H]2OC(C)(C)O[C@@H]2C(C)=O)cc1. The quantitative estimate of drug-likeness (QED) is 0.830. The number of hydrogen-bond donors (Lipinski definition) is 0. The second-order valence-electron chi connectivity index (χ2n) is 5.59. The summed E-state index contributed by atoms with van der Waals surface area (Å²) in [6.07, 6.45) is 0.977. The molecule has 2 rings (SSSR count). The van der Waals surface area contributed by atoms with Gasteiger partial charge in [-0.25, -0.2) is 0 Å². The van der Waals surface area contributed by atoms with E-state index < -0.39 is 11.9 Å². The second kappa shape index (κ2) is 5.94. The molecule has 0 spiro atoms. The fourth-order valence-corrected chi connectivity index (χ4v) is 2.49. The van der Waals surface area contributed by atoms with E-state index in [0.29, 0.717) is 0 Å². The first-order chi connectivity index (χ1) is 9.41. The van der Waals surface area contributed by atoms with Gasteiger partial charge in [0, 0.05) is 0 Å². The number of Topliss-reactive ketones (excluding diaryl/α,β-unsaturated/α-hetero) is 1. The molecule has 1 aromatic carbocycles. The van der Waals surface area contributed by atoms with Gasteiger partial charge in [0.15, 0.2) is 11.6 Å². The van der Waals surface area contributed by atoms with Crippen molar-refractivity contribution in [1.29, 1.82) is 0 Å².